The first-order valence-corrected chi connectivity index (χ1v) is 7.45. The van der Waals surface area contributed by atoms with Gasteiger partial charge in [-0.15, -0.1) is 12.4 Å². The highest BCUT2D eigenvalue weighted by Crippen LogP contribution is 2.16. The summed E-state index contributed by atoms with van der Waals surface area (Å²) in [6.07, 6.45) is 2.49. The van der Waals surface area contributed by atoms with Crippen LogP contribution in [0.5, 0.6) is 5.75 Å². The van der Waals surface area contributed by atoms with Crippen molar-refractivity contribution in [2.45, 2.75) is 45.1 Å². The highest BCUT2D eigenvalue weighted by Gasteiger charge is 2.25. The quantitative estimate of drug-likeness (QED) is 0.683. The van der Waals surface area contributed by atoms with Crippen LogP contribution in [0.15, 0.2) is 24.3 Å². The third-order valence-electron chi connectivity index (χ3n) is 3.79. The van der Waals surface area contributed by atoms with E-state index in [1.54, 1.807) is 18.2 Å². The van der Waals surface area contributed by atoms with Crippen molar-refractivity contribution in [2.24, 2.45) is 5.73 Å². The van der Waals surface area contributed by atoms with E-state index >= 15 is 0 Å². The fourth-order valence-corrected chi connectivity index (χ4v) is 2.10. The van der Waals surface area contributed by atoms with Gasteiger partial charge in [0.05, 0.1) is 12.1 Å². The molecular formula is C16H26ClFN2O2. The Morgan fingerprint density at radius 3 is 2.50 bits per heavy atom. The maximum atomic E-state index is 13.3. The number of ether oxygens (including phenoxy) is 1. The van der Waals surface area contributed by atoms with Gasteiger partial charge in [-0.05, 0) is 31.4 Å². The smallest absolute Gasteiger partial charge is 0.220 e. The molecule has 0 bridgehead atoms. The molecule has 0 aromatic heterocycles. The van der Waals surface area contributed by atoms with Crippen LogP contribution in [0.25, 0.3) is 0 Å². The van der Waals surface area contributed by atoms with Crippen LogP contribution in [0.2, 0.25) is 0 Å². The van der Waals surface area contributed by atoms with Crippen LogP contribution in [-0.2, 0) is 4.79 Å². The molecule has 0 radical (unpaired) electrons. The number of para-hydroxylation sites is 1. The topological polar surface area (TPSA) is 64.3 Å². The molecule has 0 saturated carbocycles. The summed E-state index contributed by atoms with van der Waals surface area (Å²) >= 11 is 0. The molecule has 0 aliphatic carbocycles. The number of nitrogens with one attached hydrogen (secondary N) is 1. The van der Waals surface area contributed by atoms with Crippen LogP contribution in [0.1, 0.15) is 39.5 Å². The van der Waals surface area contributed by atoms with Crippen LogP contribution in [0.3, 0.4) is 0 Å². The van der Waals surface area contributed by atoms with E-state index in [2.05, 4.69) is 5.32 Å². The number of carbonyl (C=O) groups is 1. The summed E-state index contributed by atoms with van der Waals surface area (Å²) in [7, 11) is 0. The highest BCUT2D eigenvalue weighted by molar-refractivity contribution is 5.85. The average molecular weight is 333 g/mol. The van der Waals surface area contributed by atoms with Crippen molar-refractivity contribution in [3.63, 3.8) is 0 Å². The molecule has 3 N–H and O–H groups in total. The van der Waals surface area contributed by atoms with Crippen LogP contribution in [0, 0.1) is 5.82 Å². The first-order chi connectivity index (χ1) is 10.1. The minimum atomic E-state index is -0.388. The Morgan fingerprint density at radius 2 is 1.95 bits per heavy atom. The third-order valence-corrected chi connectivity index (χ3v) is 3.79. The fourth-order valence-electron chi connectivity index (χ4n) is 2.10. The van der Waals surface area contributed by atoms with Gasteiger partial charge in [-0.1, -0.05) is 26.0 Å². The fraction of sp³-hybridized carbons (Fsp3) is 0.562. The molecule has 0 unspecified atom stereocenters. The molecular weight excluding hydrogens is 307 g/mol. The lowest BCUT2D eigenvalue weighted by Gasteiger charge is -2.31. The lowest BCUT2D eigenvalue weighted by Crippen LogP contribution is -2.52. The standard InChI is InChI=1S/C16H25FN2O2.ClH/c1-3-16(4-2,12-18)19-15(20)10-7-11-21-14-9-6-5-8-13(14)17;/h5-6,8-9H,3-4,7,10-12,18H2,1-2H3,(H,19,20);1H. The largest absolute Gasteiger partial charge is 0.491 e. The molecule has 1 rings (SSSR count). The van der Waals surface area contributed by atoms with Gasteiger partial charge in [0, 0.05) is 13.0 Å². The second-order valence-electron chi connectivity index (χ2n) is 5.12. The molecule has 6 heteroatoms. The van der Waals surface area contributed by atoms with E-state index in [9.17, 15) is 9.18 Å². The van der Waals surface area contributed by atoms with E-state index in [1.165, 1.54) is 6.07 Å². The molecule has 22 heavy (non-hydrogen) atoms. The van der Waals surface area contributed by atoms with Crippen molar-refractivity contribution in [3.05, 3.63) is 30.1 Å². The van der Waals surface area contributed by atoms with E-state index < -0.39 is 0 Å². The lowest BCUT2D eigenvalue weighted by atomic mass is 9.92. The number of hydrogen-bond acceptors (Lipinski definition) is 3. The molecule has 0 fully saturated rings. The minimum Gasteiger partial charge on any atom is -0.491 e. The summed E-state index contributed by atoms with van der Waals surface area (Å²) < 4.78 is 18.6. The minimum absolute atomic E-state index is 0. The number of amides is 1. The SMILES string of the molecule is CCC(CC)(CN)NC(=O)CCCOc1ccccc1F.Cl. The predicted octanol–water partition coefficient (Wildman–Crippen LogP) is 3.04. The molecule has 126 valence electrons. The van der Waals surface area contributed by atoms with Crippen molar-refractivity contribution < 1.29 is 13.9 Å². The normalized spacial score (nSPS) is 10.7. The van der Waals surface area contributed by atoms with Gasteiger partial charge < -0.3 is 15.8 Å². The zero-order valence-electron chi connectivity index (χ0n) is 13.2. The molecule has 0 heterocycles. The van der Waals surface area contributed by atoms with Gasteiger partial charge >= 0.3 is 0 Å². The number of rotatable bonds is 9. The highest BCUT2D eigenvalue weighted by atomic mass is 35.5. The number of benzene rings is 1. The molecule has 0 atom stereocenters. The molecule has 0 spiro atoms. The van der Waals surface area contributed by atoms with Gasteiger partial charge in [0.15, 0.2) is 11.6 Å². The van der Waals surface area contributed by atoms with Gasteiger partial charge in [-0.2, -0.15) is 0 Å². The number of nitrogens with two attached hydrogens (primary N) is 1. The Hall–Kier alpha value is -1.33. The predicted molar refractivity (Wildman–Crippen MR) is 88.9 cm³/mol. The summed E-state index contributed by atoms with van der Waals surface area (Å²) in [5.74, 6) is -0.210. The van der Waals surface area contributed by atoms with Crippen LogP contribution in [0.4, 0.5) is 4.39 Å². The van der Waals surface area contributed by atoms with E-state index in [1.807, 2.05) is 13.8 Å². The molecule has 1 aromatic rings. The summed E-state index contributed by atoms with van der Waals surface area (Å²) in [5, 5.41) is 3.00. The van der Waals surface area contributed by atoms with Crippen LogP contribution < -0.4 is 15.8 Å². The molecule has 1 amide bonds. The van der Waals surface area contributed by atoms with Gasteiger partial charge in [-0.3, -0.25) is 4.79 Å². The summed E-state index contributed by atoms with van der Waals surface area (Å²) in [6.45, 7) is 4.76. The first-order valence-electron chi connectivity index (χ1n) is 7.45. The van der Waals surface area contributed by atoms with Crippen LogP contribution >= 0.6 is 12.4 Å². The number of hydrogen-bond donors (Lipinski definition) is 2. The van der Waals surface area contributed by atoms with Crippen molar-refractivity contribution in [1.29, 1.82) is 0 Å². The molecule has 0 aliphatic heterocycles. The van der Waals surface area contributed by atoms with E-state index in [0.717, 1.165) is 12.8 Å². The van der Waals surface area contributed by atoms with E-state index in [0.29, 0.717) is 26.0 Å². The number of carbonyl (C=O) groups excluding carboxylic acids is 1. The zero-order chi connectivity index (χ0) is 15.7. The Balaban J connectivity index is 0.00000441. The molecule has 0 aliphatic rings. The first kappa shape index (κ1) is 20.7. The van der Waals surface area contributed by atoms with Crippen molar-refractivity contribution in [2.75, 3.05) is 13.2 Å². The number of halogens is 2. The third kappa shape index (κ3) is 6.20. The summed E-state index contributed by atoms with van der Waals surface area (Å²) in [4.78, 5) is 11.9. The maximum Gasteiger partial charge on any atom is 0.220 e. The lowest BCUT2D eigenvalue weighted by molar-refractivity contribution is -0.123. The van der Waals surface area contributed by atoms with Crippen LogP contribution in [-0.4, -0.2) is 24.6 Å². The Morgan fingerprint density at radius 1 is 1.32 bits per heavy atom. The van der Waals surface area contributed by atoms with Gasteiger partial charge in [0.2, 0.25) is 5.91 Å². The average Bonchev–Trinajstić information content (AvgIpc) is 2.51. The summed E-state index contributed by atoms with van der Waals surface area (Å²) in [6, 6.07) is 6.24. The van der Waals surface area contributed by atoms with E-state index in [4.69, 9.17) is 10.5 Å². The second kappa shape index (κ2) is 10.4. The molecule has 4 nitrogen and oxygen atoms in total. The van der Waals surface area contributed by atoms with Gasteiger partial charge in [0.25, 0.3) is 0 Å². The maximum absolute atomic E-state index is 13.3. The van der Waals surface area contributed by atoms with Crippen molar-refractivity contribution in [3.8, 4) is 5.75 Å². The zero-order valence-corrected chi connectivity index (χ0v) is 14.0. The Bertz CT molecular complexity index is 445. The monoisotopic (exact) mass is 332 g/mol. The Labute approximate surface area is 138 Å². The molecule has 0 saturated heterocycles. The van der Waals surface area contributed by atoms with Crippen molar-refractivity contribution in [1.82, 2.24) is 5.32 Å². The second-order valence-corrected chi connectivity index (χ2v) is 5.12. The van der Waals surface area contributed by atoms with Gasteiger partial charge in [0.1, 0.15) is 0 Å². The summed E-state index contributed by atoms with van der Waals surface area (Å²) in [5.41, 5.74) is 5.43. The van der Waals surface area contributed by atoms with Gasteiger partial charge in [-0.25, -0.2) is 4.39 Å². The Kier molecular flexibility index (Phi) is 9.78. The van der Waals surface area contributed by atoms with Crippen molar-refractivity contribution >= 4 is 18.3 Å². The molecule has 1 aromatic carbocycles. The van der Waals surface area contributed by atoms with E-state index in [-0.39, 0.29) is 35.4 Å².